The molecule has 2 rings (SSSR count). The molecule has 1 atom stereocenters. The first kappa shape index (κ1) is 16.4. The Morgan fingerprint density at radius 2 is 2.05 bits per heavy atom. The summed E-state index contributed by atoms with van der Waals surface area (Å²) in [7, 11) is -7.12. The highest BCUT2D eigenvalue weighted by Gasteiger charge is 2.32. The van der Waals surface area contributed by atoms with E-state index >= 15 is 0 Å². The van der Waals surface area contributed by atoms with Crippen molar-refractivity contribution in [1.82, 2.24) is 4.72 Å². The number of halogens is 1. The predicted molar refractivity (Wildman–Crippen MR) is 78.5 cm³/mol. The number of hydrogen-bond acceptors (Lipinski definition) is 5. The number of rotatable bonds is 4. The SMILES string of the molecule is O=C(O)c1ccc(S(=O)(=O)NC2CCS(=O)(=O)C2)c(Br)c1. The lowest BCUT2D eigenvalue weighted by atomic mass is 10.2. The number of aromatic carboxylic acids is 1. The molecule has 1 saturated heterocycles. The molecule has 21 heavy (non-hydrogen) atoms. The van der Waals surface area contributed by atoms with Crippen LogP contribution in [0.1, 0.15) is 16.8 Å². The van der Waals surface area contributed by atoms with Gasteiger partial charge in [-0.3, -0.25) is 0 Å². The van der Waals surface area contributed by atoms with Gasteiger partial charge in [-0.15, -0.1) is 0 Å². The lowest BCUT2D eigenvalue weighted by Gasteiger charge is -2.13. The Hall–Kier alpha value is -0.970. The number of carbonyl (C=O) groups is 1. The minimum atomic E-state index is -3.92. The van der Waals surface area contributed by atoms with Gasteiger partial charge in [0.05, 0.1) is 22.0 Å². The zero-order valence-electron chi connectivity index (χ0n) is 10.6. The van der Waals surface area contributed by atoms with Crippen LogP contribution in [0.3, 0.4) is 0 Å². The molecule has 0 spiro atoms. The topological polar surface area (TPSA) is 118 Å². The molecule has 1 aliphatic heterocycles. The molecular formula is C11H12BrNO6S2. The maximum atomic E-state index is 12.2. The predicted octanol–water partition coefficient (Wildman–Crippen LogP) is 0.613. The molecule has 7 nitrogen and oxygen atoms in total. The molecule has 1 aromatic rings. The third-order valence-corrected chi connectivity index (χ3v) is 7.29. The Morgan fingerprint density at radius 1 is 1.38 bits per heavy atom. The Balaban J connectivity index is 2.26. The van der Waals surface area contributed by atoms with Gasteiger partial charge in [-0.05, 0) is 40.5 Å². The van der Waals surface area contributed by atoms with Crippen LogP contribution in [-0.4, -0.2) is 45.5 Å². The van der Waals surface area contributed by atoms with Crippen LogP contribution in [0.2, 0.25) is 0 Å². The second-order valence-corrected chi connectivity index (χ2v) is 9.44. The lowest BCUT2D eigenvalue weighted by Crippen LogP contribution is -2.35. The van der Waals surface area contributed by atoms with Crippen LogP contribution in [0.15, 0.2) is 27.6 Å². The fourth-order valence-electron chi connectivity index (χ4n) is 2.02. The van der Waals surface area contributed by atoms with Crippen molar-refractivity contribution in [2.45, 2.75) is 17.4 Å². The molecule has 0 saturated carbocycles. The van der Waals surface area contributed by atoms with Crippen molar-refractivity contribution in [2.24, 2.45) is 0 Å². The zero-order chi connectivity index (χ0) is 15.8. The molecule has 0 aliphatic carbocycles. The molecule has 1 unspecified atom stereocenters. The van der Waals surface area contributed by atoms with Crippen LogP contribution >= 0.6 is 15.9 Å². The Bertz CT molecular complexity index is 787. The second kappa shape index (κ2) is 5.67. The van der Waals surface area contributed by atoms with E-state index in [2.05, 4.69) is 20.7 Å². The summed E-state index contributed by atoms with van der Waals surface area (Å²) < 4.78 is 49.6. The van der Waals surface area contributed by atoms with Crippen molar-refractivity contribution in [3.8, 4) is 0 Å². The van der Waals surface area contributed by atoms with Crippen LogP contribution in [0.4, 0.5) is 0 Å². The normalized spacial score (nSPS) is 21.3. The van der Waals surface area contributed by atoms with Crippen LogP contribution in [0.5, 0.6) is 0 Å². The number of sulfonamides is 1. The van der Waals surface area contributed by atoms with E-state index in [-0.39, 0.29) is 32.9 Å². The maximum Gasteiger partial charge on any atom is 0.335 e. The molecule has 1 heterocycles. The minimum absolute atomic E-state index is 0.0424. The average molecular weight is 398 g/mol. The molecule has 116 valence electrons. The highest BCUT2D eigenvalue weighted by atomic mass is 79.9. The average Bonchev–Trinajstić information content (AvgIpc) is 2.67. The van der Waals surface area contributed by atoms with E-state index < -0.39 is 31.9 Å². The molecule has 10 heteroatoms. The van der Waals surface area contributed by atoms with Gasteiger partial charge in [-0.25, -0.2) is 26.4 Å². The van der Waals surface area contributed by atoms with E-state index in [0.29, 0.717) is 0 Å². The number of sulfone groups is 1. The standard InChI is InChI=1S/C11H12BrNO6S2/c12-9-5-7(11(14)15)1-2-10(9)21(18,19)13-8-3-4-20(16,17)6-8/h1-2,5,8,13H,3-4,6H2,(H,14,15). The van der Waals surface area contributed by atoms with Gasteiger partial charge in [0.15, 0.2) is 9.84 Å². The Kier molecular flexibility index (Phi) is 4.43. The molecule has 1 aliphatic rings. The van der Waals surface area contributed by atoms with Crippen molar-refractivity contribution < 1.29 is 26.7 Å². The van der Waals surface area contributed by atoms with E-state index in [1.54, 1.807) is 0 Å². The van der Waals surface area contributed by atoms with Crippen LogP contribution in [0.25, 0.3) is 0 Å². The summed E-state index contributed by atoms with van der Waals surface area (Å²) >= 11 is 3.02. The van der Waals surface area contributed by atoms with E-state index in [4.69, 9.17) is 5.11 Å². The summed E-state index contributed by atoms with van der Waals surface area (Å²) in [5.74, 6) is -1.44. The smallest absolute Gasteiger partial charge is 0.335 e. The maximum absolute atomic E-state index is 12.2. The molecular weight excluding hydrogens is 386 g/mol. The first-order valence-electron chi connectivity index (χ1n) is 5.86. The van der Waals surface area contributed by atoms with E-state index in [0.717, 1.165) is 0 Å². The first-order chi connectivity index (χ1) is 9.61. The number of carboxylic acids is 1. The van der Waals surface area contributed by atoms with Gasteiger partial charge in [0.1, 0.15) is 0 Å². The number of hydrogen-bond donors (Lipinski definition) is 2. The Morgan fingerprint density at radius 3 is 2.52 bits per heavy atom. The third kappa shape index (κ3) is 3.82. The van der Waals surface area contributed by atoms with E-state index in [1.807, 2.05) is 0 Å². The number of nitrogens with one attached hydrogen (secondary N) is 1. The fraction of sp³-hybridized carbons (Fsp3) is 0.364. The highest BCUT2D eigenvalue weighted by Crippen LogP contribution is 2.24. The highest BCUT2D eigenvalue weighted by molar-refractivity contribution is 9.10. The summed E-state index contributed by atoms with van der Waals surface area (Å²) in [4.78, 5) is 10.7. The lowest BCUT2D eigenvalue weighted by molar-refractivity contribution is 0.0696. The molecule has 0 bridgehead atoms. The van der Waals surface area contributed by atoms with Gasteiger partial charge in [-0.1, -0.05) is 0 Å². The summed E-state index contributed by atoms with van der Waals surface area (Å²) in [5.41, 5.74) is -0.0516. The van der Waals surface area contributed by atoms with E-state index in [9.17, 15) is 21.6 Å². The molecule has 0 radical (unpaired) electrons. The van der Waals surface area contributed by atoms with Gasteiger partial charge < -0.3 is 5.11 Å². The monoisotopic (exact) mass is 397 g/mol. The molecule has 0 amide bonds. The largest absolute Gasteiger partial charge is 0.478 e. The van der Waals surface area contributed by atoms with Crippen LogP contribution in [0, 0.1) is 0 Å². The van der Waals surface area contributed by atoms with Crippen LogP contribution in [-0.2, 0) is 19.9 Å². The van der Waals surface area contributed by atoms with Gasteiger partial charge in [0.2, 0.25) is 10.0 Å². The third-order valence-electron chi connectivity index (χ3n) is 3.02. The summed E-state index contributed by atoms with van der Waals surface area (Å²) in [6, 6.07) is 2.86. The number of carboxylic acid groups (broad SMARTS) is 1. The van der Waals surface area contributed by atoms with Gasteiger partial charge >= 0.3 is 5.97 Å². The Labute approximate surface area is 130 Å². The van der Waals surface area contributed by atoms with Crippen molar-refractivity contribution in [1.29, 1.82) is 0 Å². The quantitative estimate of drug-likeness (QED) is 0.768. The zero-order valence-corrected chi connectivity index (χ0v) is 13.8. The van der Waals surface area contributed by atoms with Crippen molar-refractivity contribution >= 4 is 41.8 Å². The summed E-state index contributed by atoms with van der Waals surface area (Å²) in [5, 5.41) is 8.84. The molecule has 1 fully saturated rings. The summed E-state index contributed by atoms with van der Waals surface area (Å²) in [6.07, 6.45) is 0.229. The van der Waals surface area contributed by atoms with Gasteiger partial charge in [0.25, 0.3) is 0 Å². The van der Waals surface area contributed by atoms with Crippen molar-refractivity contribution in [2.75, 3.05) is 11.5 Å². The fourth-order valence-corrected chi connectivity index (χ4v) is 6.15. The minimum Gasteiger partial charge on any atom is -0.478 e. The molecule has 1 aromatic carbocycles. The molecule has 0 aromatic heterocycles. The van der Waals surface area contributed by atoms with Gasteiger partial charge in [0, 0.05) is 10.5 Å². The van der Waals surface area contributed by atoms with E-state index in [1.165, 1.54) is 18.2 Å². The number of benzene rings is 1. The van der Waals surface area contributed by atoms with Crippen molar-refractivity contribution in [3.63, 3.8) is 0 Å². The van der Waals surface area contributed by atoms with Crippen molar-refractivity contribution in [3.05, 3.63) is 28.2 Å². The summed E-state index contributed by atoms with van der Waals surface area (Å²) in [6.45, 7) is 0. The first-order valence-corrected chi connectivity index (χ1v) is 9.96. The second-order valence-electron chi connectivity index (χ2n) is 4.67. The molecule has 2 N–H and O–H groups in total. The van der Waals surface area contributed by atoms with Crippen LogP contribution < -0.4 is 4.72 Å². The van der Waals surface area contributed by atoms with Gasteiger partial charge in [-0.2, -0.15) is 0 Å².